The molecule has 0 unspecified atom stereocenters. The van der Waals surface area contributed by atoms with Crippen molar-refractivity contribution in [3.05, 3.63) is 48.3 Å². The predicted molar refractivity (Wildman–Crippen MR) is 94.6 cm³/mol. The summed E-state index contributed by atoms with van der Waals surface area (Å²) in [5, 5.41) is 3.47. The van der Waals surface area contributed by atoms with Crippen LogP contribution in [0.1, 0.15) is 23.3 Å². The number of hydrogen-bond acceptors (Lipinski definition) is 5. The van der Waals surface area contributed by atoms with Crippen LogP contribution >= 0.6 is 0 Å². The van der Waals surface area contributed by atoms with Crippen molar-refractivity contribution in [1.82, 2.24) is 4.98 Å². The molecule has 2 aromatic rings. The molecule has 2 heterocycles. The van der Waals surface area contributed by atoms with Crippen LogP contribution < -0.4 is 20.7 Å². The van der Waals surface area contributed by atoms with E-state index in [2.05, 4.69) is 27.3 Å². The standard InChI is InChI=1S/C18H22N4O2/c1-24-16-4-2-15(3-5-16)22-10-7-13(8-11-22)21-14-6-9-20-17(12-14)18(19)23/h2-6,9,12-13H,7-8,10-11H2,1H3,(H2,19,23)(H,20,21). The topological polar surface area (TPSA) is 80.5 Å². The first-order valence-electron chi connectivity index (χ1n) is 8.07. The highest BCUT2D eigenvalue weighted by atomic mass is 16.5. The fourth-order valence-electron chi connectivity index (χ4n) is 2.97. The number of piperidine rings is 1. The summed E-state index contributed by atoms with van der Waals surface area (Å²) in [6.45, 7) is 1.97. The molecule has 0 radical (unpaired) electrons. The third-order valence-corrected chi connectivity index (χ3v) is 4.32. The summed E-state index contributed by atoms with van der Waals surface area (Å²) in [5.74, 6) is 0.367. The number of ether oxygens (including phenoxy) is 1. The van der Waals surface area contributed by atoms with Gasteiger partial charge in [-0.25, -0.2) is 0 Å². The lowest BCUT2D eigenvalue weighted by Gasteiger charge is -2.34. The lowest BCUT2D eigenvalue weighted by atomic mass is 10.0. The third kappa shape index (κ3) is 3.76. The first-order valence-corrected chi connectivity index (χ1v) is 8.07. The van der Waals surface area contributed by atoms with Crippen LogP contribution in [-0.4, -0.2) is 37.1 Å². The van der Waals surface area contributed by atoms with Crippen molar-refractivity contribution >= 4 is 17.3 Å². The number of nitrogens with one attached hydrogen (secondary N) is 1. The van der Waals surface area contributed by atoms with Gasteiger partial charge in [0.05, 0.1) is 7.11 Å². The fourth-order valence-corrected chi connectivity index (χ4v) is 2.97. The van der Waals surface area contributed by atoms with Crippen LogP contribution in [-0.2, 0) is 0 Å². The van der Waals surface area contributed by atoms with Gasteiger partial charge in [-0.15, -0.1) is 0 Å². The Morgan fingerprint density at radius 3 is 2.58 bits per heavy atom. The highest BCUT2D eigenvalue weighted by molar-refractivity contribution is 5.91. The van der Waals surface area contributed by atoms with Crippen LogP contribution in [0.4, 0.5) is 11.4 Å². The number of methoxy groups -OCH3 is 1. The summed E-state index contributed by atoms with van der Waals surface area (Å²) in [4.78, 5) is 17.5. The Kier molecular flexibility index (Phi) is 4.84. The van der Waals surface area contributed by atoms with Crippen LogP contribution in [0.2, 0.25) is 0 Å². The molecule has 3 N–H and O–H groups in total. The van der Waals surface area contributed by atoms with Crippen molar-refractivity contribution < 1.29 is 9.53 Å². The smallest absolute Gasteiger partial charge is 0.267 e. The second-order valence-electron chi connectivity index (χ2n) is 5.90. The number of benzene rings is 1. The van der Waals surface area contributed by atoms with Crippen molar-refractivity contribution in [1.29, 1.82) is 0 Å². The highest BCUT2D eigenvalue weighted by Gasteiger charge is 2.19. The molecule has 126 valence electrons. The van der Waals surface area contributed by atoms with E-state index in [9.17, 15) is 4.79 Å². The average Bonchev–Trinajstić information content (AvgIpc) is 2.63. The molecule has 1 aliphatic heterocycles. The summed E-state index contributed by atoms with van der Waals surface area (Å²) < 4.78 is 5.20. The van der Waals surface area contributed by atoms with Gasteiger partial charge in [0.2, 0.25) is 0 Å². The van der Waals surface area contributed by atoms with Gasteiger partial charge in [0.25, 0.3) is 5.91 Å². The second-order valence-corrected chi connectivity index (χ2v) is 5.90. The molecule has 1 fully saturated rings. The van der Waals surface area contributed by atoms with Crippen molar-refractivity contribution in [3.8, 4) is 5.75 Å². The molecule has 0 atom stereocenters. The molecule has 24 heavy (non-hydrogen) atoms. The number of hydrogen-bond donors (Lipinski definition) is 2. The van der Waals surface area contributed by atoms with Gasteiger partial charge in [0.15, 0.2) is 0 Å². The summed E-state index contributed by atoms with van der Waals surface area (Å²) in [7, 11) is 1.68. The molecule has 1 aromatic heterocycles. The SMILES string of the molecule is COc1ccc(N2CCC(Nc3ccnc(C(N)=O)c3)CC2)cc1. The number of carbonyl (C=O) groups is 1. The molecule has 1 saturated heterocycles. The first-order chi connectivity index (χ1) is 11.7. The molecule has 6 heteroatoms. The molecule has 0 bridgehead atoms. The van der Waals surface area contributed by atoms with Crippen LogP contribution in [0.3, 0.4) is 0 Å². The lowest BCUT2D eigenvalue weighted by Crippen LogP contribution is -2.39. The maximum atomic E-state index is 11.2. The van der Waals surface area contributed by atoms with Crippen molar-refractivity contribution in [2.75, 3.05) is 30.4 Å². The Morgan fingerprint density at radius 1 is 1.25 bits per heavy atom. The van der Waals surface area contributed by atoms with E-state index in [1.807, 2.05) is 18.2 Å². The maximum absolute atomic E-state index is 11.2. The number of carbonyl (C=O) groups excluding carboxylic acids is 1. The number of amides is 1. The zero-order chi connectivity index (χ0) is 16.9. The van der Waals surface area contributed by atoms with Gasteiger partial charge in [-0.3, -0.25) is 9.78 Å². The molecule has 0 saturated carbocycles. The molecule has 1 amide bonds. The highest BCUT2D eigenvalue weighted by Crippen LogP contribution is 2.24. The predicted octanol–water partition coefficient (Wildman–Crippen LogP) is 2.27. The molecule has 6 nitrogen and oxygen atoms in total. The number of nitrogens with zero attached hydrogens (tertiary/aromatic N) is 2. The van der Waals surface area contributed by atoms with E-state index >= 15 is 0 Å². The number of anilines is 2. The zero-order valence-electron chi connectivity index (χ0n) is 13.7. The van der Waals surface area contributed by atoms with E-state index in [-0.39, 0.29) is 5.69 Å². The van der Waals surface area contributed by atoms with Crippen LogP contribution in [0.15, 0.2) is 42.6 Å². The Hall–Kier alpha value is -2.76. The van der Waals surface area contributed by atoms with Gasteiger partial charge in [-0.1, -0.05) is 0 Å². The summed E-state index contributed by atoms with van der Waals surface area (Å²) in [6.07, 6.45) is 3.66. The van der Waals surface area contributed by atoms with E-state index in [0.717, 1.165) is 37.4 Å². The van der Waals surface area contributed by atoms with Crippen molar-refractivity contribution in [2.24, 2.45) is 5.73 Å². The van der Waals surface area contributed by atoms with Gasteiger partial charge < -0.3 is 20.7 Å². The minimum absolute atomic E-state index is 0.288. The number of primary amides is 1. The zero-order valence-corrected chi connectivity index (χ0v) is 13.7. The van der Waals surface area contributed by atoms with Gasteiger partial charge >= 0.3 is 0 Å². The minimum atomic E-state index is -0.507. The maximum Gasteiger partial charge on any atom is 0.267 e. The summed E-state index contributed by atoms with van der Waals surface area (Å²) in [5.41, 5.74) is 7.67. The number of nitrogens with two attached hydrogens (primary N) is 1. The lowest BCUT2D eigenvalue weighted by molar-refractivity contribution is 0.0995. The Morgan fingerprint density at radius 2 is 1.96 bits per heavy atom. The largest absolute Gasteiger partial charge is 0.497 e. The molecule has 3 rings (SSSR count). The molecule has 0 spiro atoms. The van der Waals surface area contributed by atoms with Gasteiger partial charge in [0, 0.05) is 36.7 Å². The Balaban J connectivity index is 1.56. The van der Waals surface area contributed by atoms with Crippen LogP contribution in [0.25, 0.3) is 0 Å². The number of rotatable bonds is 5. The van der Waals surface area contributed by atoms with Crippen LogP contribution in [0, 0.1) is 0 Å². The van der Waals surface area contributed by atoms with Gasteiger partial charge in [-0.2, -0.15) is 0 Å². The van der Waals surface area contributed by atoms with E-state index in [4.69, 9.17) is 10.5 Å². The molecule has 1 aliphatic rings. The van der Waals surface area contributed by atoms with Gasteiger partial charge in [-0.05, 0) is 49.2 Å². The summed E-state index contributed by atoms with van der Waals surface area (Å²) in [6, 6.07) is 12.1. The minimum Gasteiger partial charge on any atom is -0.497 e. The van der Waals surface area contributed by atoms with E-state index in [1.54, 1.807) is 19.4 Å². The Bertz CT molecular complexity index is 694. The average molecular weight is 326 g/mol. The molecule has 0 aliphatic carbocycles. The molecule has 1 aromatic carbocycles. The van der Waals surface area contributed by atoms with Crippen molar-refractivity contribution in [3.63, 3.8) is 0 Å². The monoisotopic (exact) mass is 326 g/mol. The fraction of sp³-hybridized carbons (Fsp3) is 0.333. The van der Waals surface area contributed by atoms with Gasteiger partial charge in [0.1, 0.15) is 11.4 Å². The third-order valence-electron chi connectivity index (χ3n) is 4.32. The number of aromatic nitrogens is 1. The van der Waals surface area contributed by atoms with E-state index in [1.165, 1.54) is 5.69 Å². The Labute approximate surface area is 141 Å². The number of pyridine rings is 1. The second kappa shape index (κ2) is 7.21. The van der Waals surface area contributed by atoms with Crippen LogP contribution in [0.5, 0.6) is 5.75 Å². The van der Waals surface area contributed by atoms with Crippen molar-refractivity contribution in [2.45, 2.75) is 18.9 Å². The molecular formula is C18H22N4O2. The molecular weight excluding hydrogens is 304 g/mol. The summed E-state index contributed by atoms with van der Waals surface area (Å²) >= 11 is 0. The quantitative estimate of drug-likeness (QED) is 0.881. The van der Waals surface area contributed by atoms with E-state index in [0.29, 0.717) is 6.04 Å². The van der Waals surface area contributed by atoms with E-state index < -0.39 is 5.91 Å². The normalized spacial score (nSPS) is 15.1. The first kappa shape index (κ1) is 16.1.